The van der Waals surface area contributed by atoms with Crippen molar-refractivity contribution in [1.82, 2.24) is 5.32 Å². The number of hydrogen-bond donors (Lipinski definition) is 2. The van der Waals surface area contributed by atoms with Crippen molar-refractivity contribution in [3.63, 3.8) is 0 Å². The topological polar surface area (TPSA) is 75.3 Å². The van der Waals surface area contributed by atoms with E-state index in [1.54, 1.807) is 12.1 Å². The molecule has 2 aliphatic rings. The standard InChI is InChI=1S/C14H16N2O3S/c1-20(18,19)16-13-3-2-9-6-11(7-10(9)8-13)14(17)15-12-4-5-12/h2-3,7-8,12,16H,4-6H2,1H3,(H,15,17). The zero-order valence-electron chi connectivity index (χ0n) is 11.1. The summed E-state index contributed by atoms with van der Waals surface area (Å²) < 4.78 is 24.9. The van der Waals surface area contributed by atoms with Gasteiger partial charge in [-0.25, -0.2) is 8.42 Å². The van der Waals surface area contributed by atoms with E-state index < -0.39 is 10.0 Å². The lowest BCUT2D eigenvalue weighted by Crippen LogP contribution is -2.26. The highest BCUT2D eigenvalue weighted by Gasteiger charge is 2.26. The lowest BCUT2D eigenvalue weighted by molar-refractivity contribution is -0.117. The van der Waals surface area contributed by atoms with E-state index in [-0.39, 0.29) is 5.91 Å². The van der Waals surface area contributed by atoms with Crippen LogP contribution in [0.4, 0.5) is 5.69 Å². The fourth-order valence-electron chi connectivity index (χ4n) is 2.26. The van der Waals surface area contributed by atoms with Gasteiger partial charge in [0.05, 0.1) is 6.26 Å². The zero-order chi connectivity index (χ0) is 14.3. The zero-order valence-corrected chi connectivity index (χ0v) is 12.0. The predicted octanol–water partition coefficient (Wildman–Crippen LogP) is 1.28. The summed E-state index contributed by atoms with van der Waals surface area (Å²) >= 11 is 0. The number of benzene rings is 1. The minimum Gasteiger partial charge on any atom is -0.350 e. The molecule has 1 aromatic rings. The SMILES string of the molecule is CS(=O)(=O)Nc1ccc2c(c1)C=C(C(=O)NC1CC1)C2. The van der Waals surface area contributed by atoms with E-state index in [0.717, 1.165) is 35.8 Å². The van der Waals surface area contributed by atoms with Crippen LogP contribution in [0, 0.1) is 0 Å². The van der Waals surface area contributed by atoms with Crippen LogP contribution in [-0.4, -0.2) is 26.6 Å². The largest absolute Gasteiger partial charge is 0.350 e. The molecule has 2 N–H and O–H groups in total. The lowest BCUT2D eigenvalue weighted by atomic mass is 10.1. The third kappa shape index (κ3) is 3.01. The molecule has 0 radical (unpaired) electrons. The highest BCUT2D eigenvalue weighted by molar-refractivity contribution is 7.92. The maximum absolute atomic E-state index is 12.0. The summed E-state index contributed by atoms with van der Waals surface area (Å²) in [5.41, 5.74) is 3.21. The van der Waals surface area contributed by atoms with Gasteiger partial charge in [-0.05, 0) is 42.2 Å². The van der Waals surface area contributed by atoms with E-state index >= 15 is 0 Å². The van der Waals surface area contributed by atoms with Gasteiger partial charge in [-0.2, -0.15) is 0 Å². The van der Waals surface area contributed by atoms with Crippen molar-refractivity contribution in [2.24, 2.45) is 0 Å². The predicted molar refractivity (Wildman–Crippen MR) is 77.8 cm³/mol. The molecule has 0 bridgehead atoms. The number of anilines is 1. The Morgan fingerprint density at radius 2 is 2.05 bits per heavy atom. The smallest absolute Gasteiger partial charge is 0.247 e. The minimum atomic E-state index is -3.28. The van der Waals surface area contributed by atoms with Gasteiger partial charge in [-0.1, -0.05) is 6.07 Å². The molecule has 5 nitrogen and oxygen atoms in total. The number of fused-ring (bicyclic) bond motifs is 1. The molecule has 0 unspecified atom stereocenters. The Morgan fingerprint density at radius 1 is 1.30 bits per heavy atom. The first-order valence-corrected chi connectivity index (χ1v) is 8.42. The van der Waals surface area contributed by atoms with Gasteiger partial charge in [0.15, 0.2) is 0 Å². The van der Waals surface area contributed by atoms with Gasteiger partial charge in [0.2, 0.25) is 15.9 Å². The van der Waals surface area contributed by atoms with E-state index in [1.165, 1.54) is 0 Å². The Balaban J connectivity index is 1.78. The van der Waals surface area contributed by atoms with Crippen LogP contribution < -0.4 is 10.0 Å². The molecule has 0 aromatic heterocycles. The number of carbonyl (C=O) groups is 1. The van der Waals surface area contributed by atoms with Gasteiger partial charge >= 0.3 is 0 Å². The summed E-state index contributed by atoms with van der Waals surface area (Å²) in [6.45, 7) is 0. The Morgan fingerprint density at radius 3 is 2.70 bits per heavy atom. The molecule has 106 valence electrons. The lowest BCUT2D eigenvalue weighted by Gasteiger charge is -2.06. The summed E-state index contributed by atoms with van der Waals surface area (Å²) in [5.74, 6) is -0.0127. The average Bonchev–Trinajstić information content (AvgIpc) is 3.04. The normalized spacial score (nSPS) is 17.4. The van der Waals surface area contributed by atoms with Crippen LogP contribution in [0.2, 0.25) is 0 Å². The second-order valence-electron chi connectivity index (χ2n) is 5.38. The quantitative estimate of drug-likeness (QED) is 0.877. The van der Waals surface area contributed by atoms with Crippen LogP contribution in [-0.2, 0) is 21.2 Å². The number of nitrogens with one attached hydrogen (secondary N) is 2. The highest BCUT2D eigenvalue weighted by atomic mass is 32.2. The fourth-order valence-corrected chi connectivity index (χ4v) is 2.82. The van der Waals surface area contributed by atoms with Gasteiger partial charge in [0, 0.05) is 23.7 Å². The first-order valence-electron chi connectivity index (χ1n) is 6.53. The van der Waals surface area contributed by atoms with Crippen LogP contribution in [0.15, 0.2) is 23.8 Å². The number of sulfonamides is 1. The summed E-state index contributed by atoms with van der Waals surface area (Å²) in [7, 11) is -3.28. The van der Waals surface area contributed by atoms with E-state index in [2.05, 4.69) is 10.0 Å². The fraction of sp³-hybridized carbons (Fsp3) is 0.357. The van der Waals surface area contributed by atoms with Gasteiger partial charge in [0.1, 0.15) is 0 Å². The van der Waals surface area contributed by atoms with Crippen LogP contribution in [0.25, 0.3) is 6.08 Å². The number of carbonyl (C=O) groups excluding carboxylic acids is 1. The molecule has 20 heavy (non-hydrogen) atoms. The van der Waals surface area contributed by atoms with Crippen molar-refractivity contribution in [3.05, 3.63) is 34.9 Å². The molecule has 0 heterocycles. The number of amides is 1. The molecule has 1 saturated carbocycles. The number of hydrogen-bond acceptors (Lipinski definition) is 3. The van der Waals surface area contributed by atoms with Crippen molar-refractivity contribution in [1.29, 1.82) is 0 Å². The highest BCUT2D eigenvalue weighted by Crippen LogP contribution is 2.29. The molecule has 6 heteroatoms. The third-order valence-corrected chi connectivity index (χ3v) is 3.97. The van der Waals surface area contributed by atoms with Crippen molar-refractivity contribution in [3.8, 4) is 0 Å². The molecular weight excluding hydrogens is 276 g/mol. The van der Waals surface area contributed by atoms with Gasteiger partial charge in [-0.15, -0.1) is 0 Å². The van der Waals surface area contributed by atoms with Crippen LogP contribution >= 0.6 is 0 Å². The van der Waals surface area contributed by atoms with Crippen molar-refractivity contribution in [2.75, 3.05) is 11.0 Å². The first-order chi connectivity index (χ1) is 9.40. The monoisotopic (exact) mass is 292 g/mol. The number of rotatable bonds is 4. The van der Waals surface area contributed by atoms with Crippen LogP contribution in [0.5, 0.6) is 0 Å². The molecule has 0 saturated heterocycles. The van der Waals surface area contributed by atoms with E-state index in [4.69, 9.17) is 0 Å². The second-order valence-corrected chi connectivity index (χ2v) is 7.13. The molecule has 3 rings (SSSR count). The molecule has 2 aliphatic carbocycles. The summed E-state index contributed by atoms with van der Waals surface area (Å²) in [6.07, 6.45) is 5.68. The Hall–Kier alpha value is -1.82. The van der Waals surface area contributed by atoms with Crippen molar-refractivity contribution in [2.45, 2.75) is 25.3 Å². The minimum absolute atomic E-state index is 0.0127. The molecule has 0 atom stereocenters. The van der Waals surface area contributed by atoms with Gasteiger partial charge in [-0.3, -0.25) is 9.52 Å². The summed E-state index contributed by atoms with van der Waals surface area (Å²) in [5, 5.41) is 2.96. The molecule has 1 aromatic carbocycles. The molecule has 1 amide bonds. The van der Waals surface area contributed by atoms with E-state index in [9.17, 15) is 13.2 Å². The average molecular weight is 292 g/mol. The van der Waals surface area contributed by atoms with Gasteiger partial charge in [0.25, 0.3) is 0 Å². The maximum Gasteiger partial charge on any atom is 0.247 e. The Kier molecular flexibility index (Phi) is 3.05. The van der Waals surface area contributed by atoms with Gasteiger partial charge < -0.3 is 5.32 Å². The molecule has 0 aliphatic heterocycles. The van der Waals surface area contributed by atoms with Crippen molar-refractivity contribution >= 4 is 27.7 Å². The first kappa shape index (κ1) is 13.2. The van der Waals surface area contributed by atoms with Crippen LogP contribution in [0.3, 0.4) is 0 Å². The molecule has 1 fully saturated rings. The molecule has 0 spiro atoms. The summed E-state index contributed by atoms with van der Waals surface area (Å²) in [4.78, 5) is 12.0. The van der Waals surface area contributed by atoms with Crippen LogP contribution in [0.1, 0.15) is 24.0 Å². The summed E-state index contributed by atoms with van der Waals surface area (Å²) in [6, 6.07) is 5.68. The Labute approximate surface area is 118 Å². The van der Waals surface area contributed by atoms with E-state index in [0.29, 0.717) is 18.2 Å². The maximum atomic E-state index is 12.0. The molecular formula is C14H16N2O3S. The Bertz CT molecular complexity index is 703. The van der Waals surface area contributed by atoms with Crippen molar-refractivity contribution < 1.29 is 13.2 Å². The second kappa shape index (κ2) is 4.63. The van der Waals surface area contributed by atoms with E-state index in [1.807, 2.05) is 12.1 Å². The third-order valence-electron chi connectivity index (χ3n) is 3.36.